The normalized spacial score (nSPS) is 10.3. The molecular formula is C11H10FN3. The van der Waals surface area contributed by atoms with Gasteiger partial charge in [-0.1, -0.05) is 12.1 Å². The summed E-state index contributed by atoms with van der Waals surface area (Å²) in [6.07, 6.45) is 0. The average Bonchev–Trinajstić information content (AvgIpc) is 2.20. The van der Waals surface area contributed by atoms with Gasteiger partial charge in [-0.2, -0.15) is 0 Å². The Morgan fingerprint density at radius 2 is 1.93 bits per heavy atom. The van der Waals surface area contributed by atoms with Crippen molar-refractivity contribution in [3.05, 3.63) is 41.7 Å². The average molecular weight is 203 g/mol. The second-order valence-corrected chi connectivity index (χ2v) is 3.28. The fourth-order valence-corrected chi connectivity index (χ4v) is 1.43. The first-order chi connectivity index (χ1) is 7.18. The van der Waals surface area contributed by atoms with Gasteiger partial charge >= 0.3 is 0 Å². The zero-order valence-corrected chi connectivity index (χ0v) is 8.24. The van der Waals surface area contributed by atoms with Crippen LogP contribution in [-0.2, 0) is 0 Å². The SMILES string of the molecule is Cc1cc(N)nnc1-c1ccccc1F. The summed E-state index contributed by atoms with van der Waals surface area (Å²) in [6, 6.07) is 8.14. The van der Waals surface area contributed by atoms with Crippen LogP contribution in [0.4, 0.5) is 10.2 Å². The number of rotatable bonds is 1. The van der Waals surface area contributed by atoms with E-state index in [1.54, 1.807) is 24.3 Å². The van der Waals surface area contributed by atoms with Gasteiger partial charge in [0.05, 0.1) is 5.69 Å². The molecule has 0 aliphatic carbocycles. The number of hydrogen-bond acceptors (Lipinski definition) is 3. The molecule has 0 radical (unpaired) electrons. The van der Waals surface area contributed by atoms with Gasteiger partial charge in [-0.3, -0.25) is 0 Å². The summed E-state index contributed by atoms with van der Waals surface area (Å²) in [7, 11) is 0. The lowest BCUT2D eigenvalue weighted by Crippen LogP contribution is -1.98. The Hall–Kier alpha value is -1.97. The molecule has 0 atom stereocenters. The summed E-state index contributed by atoms with van der Waals surface area (Å²) in [5, 5.41) is 7.61. The number of aryl methyl sites for hydroxylation is 1. The number of nitrogen functional groups attached to an aromatic ring is 1. The number of benzene rings is 1. The quantitative estimate of drug-likeness (QED) is 0.772. The molecule has 0 aliphatic rings. The first-order valence-electron chi connectivity index (χ1n) is 4.53. The molecule has 0 fully saturated rings. The molecule has 1 heterocycles. The summed E-state index contributed by atoms with van der Waals surface area (Å²) in [5.41, 5.74) is 7.27. The standard InChI is InChI=1S/C11H10FN3/c1-7-6-10(13)14-15-11(7)8-4-2-3-5-9(8)12/h2-6H,1H3,(H2,13,14). The van der Waals surface area contributed by atoms with Crippen LogP contribution in [0.2, 0.25) is 0 Å². The number of aromatic nitrogens is 2. The van der Waals surface area contributed by atoms with Crippen molar-refractivity contribution in [3.8, 4) is 11.3 Å². The highest BCUT2D eigenvalue weighted by Crippen LogP contribution is 2.23. The minimum absolute atomic E-state index is 0.306. The van der Waals surface area contributed by atoms with Crippen molar-refractivity contribution in [3.63, 3.8) is 0 Å². The second kappa shape index (κ2) is 3.65. The van der Waals surface area contributed by atoms with E-state index in [1.807, 2.05) is 6.92 Å². The van der Waals surface area contributed by atoms with Gasteiger partial charge in [0.25, 0.3) is 0 Å². The van der Waals surface area contributed by atoms with Crippen LogP contribution in [0, 0.1) is 12.7 Å². The van der Waals surface area contributed by atoms with E-state index in [-0.39, 0.29) is 5.82 Å². The smallest absolute Gasteiger partial charge is 0.146 e. The van der Waals surface area contributed by atoms with Gasteiger partial charge in [-0.15, -0.1) is 10.2 Å². The maximum absolute atomic E-state index is 13.5. The van der Waals surface area contributed by atoms with E-state index in [0.29, 0.717) is 17.1 Å². The van der Waals surface area contributed by atoms with Crippen molar-refractivity contribution < 1.29 is 4.39 Å². The molecule has 0 saturated heterocycles. The zero-order valence-electron chi connectivity index (χ0n) is 8.24. The Kier molecular flexibility index (Phi) is 2.33. The molecule has 0 spiro atoms. The van der Waals surface area contributed by atoms with Crippen LogP contribution in [0.25, 0.3) is 11.3 Å². The molecule has 4 heteroatoms. The van der Waals surface area contributed by atoms with Crippen LogP contribution in [0.5, 0.6) is 0 Å². The maximum atomic E-state index is 13.5. The minimum Gasteiger partial charge on any atom is -0.382 e. The Labute approximate surface area is 86.8 Å². The number of nitrogens with two attached hydrogens (primary N) is 1. The minimum atomic E-state index is -0.306. The van der Waals surface area contributed by atoms with Gasteiger partial charge in [0, 0.05) is 5.56 Å². The van der Waals surface area contributed by atoms with Crippen molar-refractivity contribution in [1.29, 1.82) is 0 Å². The van der Waals surface area contributed by atoms with Gasteiger partial charge in [-0.05, 0) is 30.7 Å². The second-order valence-electron chi connectivity index (χ2n) is 3.28. The predicted molar refractivity (Wildman–Crippen MR) is 56.6 cm³/mol. The molecule has 1 aromatic carbocycles. The molecule has 0 unspecified atom stereocenters. The Morgan fingerprint density at radius 1 is 1.20 bits per heavy atom. The van der Waals surface area contributed by atoms with Crippen LogP contribution in [-0.4, -0.2) is 10.2 Å². The molecular weight excluding hydrogens is 193 g/mol. The zero-order chi connectivity index (χ0) is 10.8. The number of anilines is 1. The molecule has 15 heavy (non-hydrogen) atoms. The molecule has 0 amide bonds. The van der Waals surface area contributed by atoms with Crippen molar-refractivity contribution in [1.82, 2.24) is 10.2 Å². The first kappa shape index (κ1) is 9.58. The molecule has 1 aromatic heterocycles. The van der Waals surface area contributed by atoms with E-state index < -0.39 is 0 Å². The predicted octanol–water partition coefficient (Wildman–Crippen LogP) is 2.17. The lowest BCUT2D eigenvalue weighted by molar-refractivity contribution is 0.630. The van der Waals surface area contributed by atoms with Crippen molar-refractivity contribution in [2.75, 3.05) is 5.73 Å². The van der Waals surface area contributed by atoms with Gasteiger partial charge < -0.3 is 5.73 Å². The van der Waals surface area contributed by atoms with Crippen LogP contribution in [0.15, 0.2) is 30.3 Å². The highest BCUT2D eigenvalue weighted by atomic mass is 19.1. The van der Waals surface area contributed by atoms with Crippen molar-refractivity contribution >= 4 is 5.82 Å². The lowest BCUT2D eigenvalue weighted by Gasteiger charge is -2.05. The Balaban J connectivity index is 2.60. The Bertz CT molecular complexity index is 497. The summed E-state index contributed by atoms with van der Waals surface area (Å²) in [4.78, 5) is 0. The highest BCUT2D eigenvalue weighted by molar-refractivity contribution is 5.63. The van der Waals surface area contributed by atoms with Crippen molar-refractivity contribution in [2.45, 2.75) is 6.92 Å². The number of nitrogens with zero attached hydrogens (tertiary/aromatic N) is 2. The fraction of sp³-hybridized carbons (Fsp3) is 0.0909. The first-order valence-corrected chi connectivity index (χ1v) is 4.53. The fourth-order valence-electron chi connectivity index (χ4n) is 1.43. The van der Waals surface area contributed by atoms with Gasteiger partial charge in [0.15, 0.2) is 0 Å². The van der Waals surface area contributed by atoms with E-state index in [9.17, 15) is 4.39 Å². The summed E-state index contributed by atoms with van der Waals surface area (Å²) in [6.45, 7) is 1.83. The molecule has 2 N–H and O–H groups in total. The van der Waals surface area contributed by atoms with Gasteiger partial charge in [0.2, 0.25) is 0 Å². The highest BCUT2D eigenvalue weighted by Gasteiger charge is 2.09. The summed E-state index contributed by atoms with van der Waals surface area (Å²) >= 11 is 0. The monoisotopic (exact) mass is 203 g/mol. The van der Waals surface area contributed by atoms with E-state index in [2.05, 4.69) is 10.2 Å². The van der Waals surface area contributed by atoms with E-state index in [4.69, 9.17) is 5.73 Å². The third-order valence-electron chi connectivity index (χ3n) is 2.13. The van der Waals surface area contributed by atoms with Crippen molar-refractivity contribution in [2.24, 2.45) is 0 Å². The van der Waals surface area contributed by atoms with Crippen LogP contribution >= 0.6 is 0 Å². The molecule has 3 nitrogen and oxygen atoms in total. The van der Waals surface area contributed by atoms with Crippen LogP contribution in [0.1, 0.15) is 5.56 Å². The molecule has 0 aliphatic heterocycles. The third kappa shape index (κ3) is 1.79. The van der Waals surface area contributed by atoms with E-state index >= 15 is 0 Å². The number of hydrogen-bond donors (Lipinski definition) is 1. The van der Waals surface area contributed by atoms with Crippen LogP contribution < -0.4 is 5.73 Å². The lowest BCUT2D eigenvalue weighted by atomic mass is 10.1. The molecule has 0 bridgehead atoms. The molecule has 0 saturated carbocycles. The molecule has 76 valence electrons. The molecule has 2 aromatic rings. The largest absolute Gasteiger partial charge is 0.382 e. The Morgan fingerprint density at radius 3 is 2.60 bits per heavy atom. The van der Waals surface area contributed by atoms with E-state index in [1.165, 1.54) is 6.07 Å². The molecule has 2 rings (SSSR count). The topological polar surface area (TPSA) is 51.8 Å². The maximum Gasteiger partial charge on any atom is 0.146 e. The third-order valence-corrected chi connectivity index (χ3v) is 2.13. The number of halogens is 1. The van der Waals surface area contributed by atoms with Gasteiger partial charge in [0.1, 0.15) is 11.6 Å². The summed E-state index contributed by atoms with van der Waals surface area (Å²) in [5.74, 6) is 0.0345. The van der Waals surface area contributed by atoms with Crippen LogP contribution in [0.3, 0.4) is 0 Å². The van der Waals surface area contributed by atoms with E-state index in [0.717, 1.165) is 5.56 Å². The summed E-state index contributed by atoms with van der Waals surface area (Å²) < 4.78 is 13.5. The van der Waals surface area contributed by atoms with Gasteiger partial charge in [-0.25, -0.2) is 4.39 Å².